The van der Waals surface area contributed by atoms with E-state index < -0.39 is 21.2 Å². The molecule has 7 heteroatoms. The minimum atomic E-state index is -3.75. The molecule has 1 rings (SSSR count). The molecule has 0 aromatic heterocycles. The van der Waals surface area contributed by atoms with Crippen LogP contribution >= 0.6 is 10.7 Å². The van der Waals surface area contributed by atoms with Crippen molar-refractivity contribution in [2.24, 2.45) is 0 Å². The second-order valence-corrected chi connectivity index (χ2v) is 5.84. The van der Waals surface area contributed by atoms with E-state index in [0.717, 1.165) is 6.07 Å². The van der Waals surface area contributed by atoms with Gasteiger partial charge in [-0.2, -0.15) is 0 Å². The largest absolute Gasteiger partial charge is 0.496 e. The monoisotopic (exact) mass is 270 g/mol. The van der Waals surface area contributed by atoms with Crippen molar-refractivity contribution in [3.05, 3.63) is 29.3 Å². The van der Waals surface area contributed by atoms with E-state index in [1.165, 1.54) is 19.2 Å². The minimum Gasteiger partial charge on any atom is -0.496 e. The van der Waals surface area contributed by atoms with Gasteiger partial charge in [-0.05, 0) is 17.7 Å². The second-order valence-electron chi connectivity index (χ2n) is 3.06. The molecule has 0 fully saturated rings. The predicted molar refractivity (Wildman–Crippen MR) is 56.4 cm³/mol. The molecule has 0 amide bonds. The summed E-state index contributed by atoms with van der Waals surface area (Å²) in [6, 6.07) is 3.74. The van der Waals surface area contributed by atoms with Gasteiger partial charge in [0.15, 0.2) is 0 Å². The molecule has 0 saturated heterocycles. The van der Waals surface area contributed by atoms with Crippen LogP contribution in [-0.4, -0.2) is 15.5 Å². The van der Waals surface area contributed by atoms with E-state index in [-0.39, 0.29) is 16.9 Å². The number of hydrogen-bond acceptors (Lipinski definition) is 3. The van der Waals surface area contributed by atoms with Gasteiger partial charge in [0.1, 0.15) is 5.75 Å². The highest BCUT2D eigenvalue weighted by atomic mass is 35.7. The molecule has 0 saturated carbocycles. The molecule has 1 aromatic rings. The number of hydrogen-bond donors (Lipinski definition) is 0. The highest BCUT2D eigenvalue weighted by Crippen LogP contribution is 2.30. The fourth-order valence-corrected chi connectivity index (χ4v) is 2.20. The SMILES string of the molecule is COc1ccc(CS(=O)(=O)Cl)cc1C(F)F. The van der Waals surface area contributed by atoms with Crippen molar-refractivity contribution in [2.45, 2.75) is 12.2 Å². The average molecular weight is 271 g/mol. The molecular formula is C9H9ClF2O3S. The summed E-state index contributed by atoms with van der Waals surface area (Å²) in [7, 11) is 2.54. The van der Waals surface area contributed by atoms with Crippen LogP contribution < -0.4 is 4.74 Å². The molecule has 0 aliphatic rings. The standard InChI is InChI=1S/C9H9ClF2O3S/c1-15-8-3-2-6(5-16(10,13)14)4-7(8)9(11)12/h2-4,9H,5H2,1H3. The van der Waals surface area contributed by atoms with E-state index in [2.05, 4.69) is 0 Å². The number of methoxy groups -OCH3 is 1. The Morgan fingerprint density at radius 2 is 2.06 bits per heavy atom. The topological polar surface area (TPSA) is 43.4 Å². The summed E-state index contributed by atoms with van der Waals surface area (Å²) >= 11 is 0. The van der Waals surface area contributed by atoms with Crippen molar-refractivity contribution >= 4 is 19.7 Å². The zero-order valence-corrected chi connectivity index (χ0v) is 9.86. The van der Waals surface area contributed by atoms with Gasteiger partial charge in [-0.1, -0.05) is 6.07 Å². The minimum absolute atomic E-state index is 0.0192. The summed E-state index contributed by atoms with van der Waals surface area (Å²) in [4.78, 5) is 0. The van der Waals surface area contributed by atoms with Gasteiger partial charge in [-0.15, -0.1) is 0 Å². The summed E-state index contributed by atoms with van der Waals surface area (Å²) in [5.41, 5.74) is -0.147. The van der Waals surface area contributed by atoms with E-state index in [1.54, 1.807) is 0 Å². The van der Waals surface area contributed by atoms with Crippen LogP contribution in [-0.2, 0) is 14.8 Å². The van der Waals surface area contributed by atoms with E-state index in [4.69, 9.17) is 15.4 Å². The first-order valence-corrected chi connectivity index (χ1v) is 6.68. The van der Waals surface area contributed by atoms with Gasteiger partial charge in [0.25, 0.3) is 6.43 Å². The van der Waals surface area contributed by atoms with Crippen molar-refractivity contribution in [3.63, 3.8) is 0 Å². The number of halogens is 3. The van der Waals surface area contributed by atoms with Gasteiger partial charge in [0.05, 0.1) is 18.4 Å². The smallest absolute Gasteiger partial charge is 0.267 e. The lowest BCUT2D eigenvalue weighted by atomic mass is 10.1. The van der Waals surface area contributed by atoms with Crippen LogP contribution in [0.2, 0.25) is 0 Å². The summed E-state index contributed by atoms with van der Waals surface area (Å²) in [6.45, 7) is 0. The Hall–Kier alpha value is -0.880. The van der Waals surface area contributed by atoms with E-state index in [0.29, 0.717) is 0 Å². The summed E-state index contributed by atoms with van der Waals surface area (Å²) in [5.74, 6) is -0.469. The quantitative estimate of drug-likeness (QED) is 0.790. The Labute approximate surface area is 96.4 Å². The van der Waals surface area contributed by atoms with Crippen LogP contribution in [0.3, 0.4) is 0 Å². The summed E-state index contributed by atoms with van der Waals surface area (Å²) < 4.78 is 51.4. The average Bonchev–Trinajstić information content (AvgIpc) is 2.15. The second kappa shape index (κ2) is 4.97. The zero-order chi connectivity index (χ0) is 12.3. The van der Waals surface area contributed by atoms with Gasteiger partial charge >= 0.3 is 0 Å². The van der Waals surface area contributed by atoms with Gasteiger partial charge in [-0.3, -0.25) is 0 Å². The van der Waals surface area contributed by atoms with Gasteiger partial charge in [-0.25, -0.2) is 17.2 Å². The third kappa shape index (κ3) is 3.61. The number of rotatable bonds is 4. The van der Waals surface area contributed by atoms with Crippen LogP contribution in [0.15, 0.2) is 18.2 Å². The number of alkyl halides is 2. The first-order valence-electron chi connectivity index (χ1n) is 4.21. The molecule has 0 bridgehead atoms. The maximum absolute atomic E-state index is 12.6. The summed E-state index contributed by atoms with van der Waals surface area (Å²) in [5, 5.41) is 0. The highest BCUT2D eigenvalue weighted by molar-refractivity contribution is 8.13. The lowest BCUT2D eigenvalue weighted by molar-refractivity contribution is 0.147. The third-order valence-electron chi connectivity index (χ3n) is 1.87. The van der Waals surface area contributed by atoms with Crippen molar-refractivity contribution in [1.29, 1.82) is 0 Å². The molecule has 3 nitrogen and oxygen atoms in total. The Balaban J connectivity index is 3.12. The molecule has 0 aliphatic carbocycles. The maximum Gasteiger partial charge on any atom is 0.267 e. The molecule has 1 aromatic carbocycles. The first-order chi connectivity index (χ1) is 7.33. The predicted octanol–water partition coefficient (Wildman–Crippen LogP) is 2.70. The van der Waals surface area contributed by atoms with Crippen LogP contribution in [0, 0.1) is 0 Å². The molecule has 0 radical (unpaired) electrons. The molecule has 0 heterocycles. The molecular weight excluding hydrogens is 262 g/mol. The Morgan fingerprint density at radius 3 is 2.50 bits per heavy atom. The van der Waals surface area contributed by atoms with Crippen LogP contribution in [0.5, 0.6) is 5.75 Å². The highest BCUT2D eigenvalue weighted by Gasteiger charge is 2.16. The van der Waals surface area contributed by atoms with Gasteiger partial charge < -0.3 is 4.74 Å². The number of ether oxygens (including phenoxy) is 1. The van der Waals surface area contributed by atoms with Crippen molar-refractivity contribution < 1.29 is 21.9 Å². The zero-order valence-electron chi connectivity index (χ0n) is 8.28. The van der Waals surface area contributed by atoms with Crippen molar-refractivity contribution in [3.8, 4) is 5.75 Å². The van der Waals surface area contributed by atoms with Crippen LogP contribution in [0.25, 0.3) is 0 Å². The molecule has 90 valence electrons. The molecule has 0 aliphatic heterocycles. The van der Waals surface area contributed by atoms with E-state index in [9.17, 15) is 17.2 Å². The third-order valence-corrected chi connectivity index (χ3v) is 2.87. The molecule has 16 heavy (non-hydrogen) atoms. The van der Waals surface area contributed by atoms with Crippen molar-refractivity contribution in [2.75, 3.05) is 7.11 Å². The summed E-state index contributed by atoms with van der Waals surface area (Å²) in [6.07, 6.45) is -2.73. The van der Waals surface area contributed by atoms with Crippen LogP contribution in [0.1, 0.15) is 17.6 Å². The molecule has 0 atom stereocenters. The van der Waals surface area contributed by atoms with E-state index in [1.807, 2.05) is 0 Å². The Bertz CT molecular complexity index is 474. The molecule has 0 N–H and O–H groups in total. The Morgan fingerprint density at radius 1 is 1.44 bits per heavy atom. The van der Waals surface area contributed by atoms with Gasteiger partial charge in [0.2, 0.25) is 9.05 Å². The maximum atomic E-state index is 12.6. The fraction of sp³-hybridized carbons (Fsp3) is 0.333. The molecule has 0 spiro atoms. The van der Waals surface area contributed by atoms with Crippen LogP contribution in [0.4, 0.5) is 8.78 Å². The lowest BCUT2D eigenvalue weighted by Gasteiger charge is -2.09. The fourth-order valence-electron chi connectivity index (χ4n) is 1.24. The van der Waals surface area contributed by atoms with Gasteiger partial charge in [0, 0.05) is 10.7 Å². The normalized spacial score (nSPS) is 11.8. The Kier molecular flexibility index (Phi) is 4.09. The number of benzene rings is 1. The van der Waals surface area contributed by atoms with E-state index >= 15 is 0 Å². The first kappa shape index (κ1) is 13.2. The lowest BCUT2D eigenvalue weighted by Crippen LogP contribution is -1.98. The van der Waals surface area contributed by atoms with Crippen molar-refractivity contribution in [1.82, 2.24) is 0 Å². The molecule has 0 unspecified atom stereocenters.